The van der Waals surface area contributed by atoms with Gasteiger partial charge in [-0.3, -0.25) is 4.79 Å². The highest BCUT2D eigenvalue weighted by molar-refractivity contribution is 5.76. The molecule has 0 aliphatic heterocycles. The minimum atomic E-state index is -4.51. The third-order valence-electron chi connectivity index (χ3n) is 2.42. The Morgan fingerprint density at radius 3 is 2.22 bits per heavy atom. The van der Waals surface area contributed by atoms with Crippen LogP contribution < -0.4 is 5.32 Å². The molecule has 0 saturated carbocycles. The van der Waals surface area contributed by atoms with Gasteiger partial charge in [0.25, 0.3) is 0 Å². The number of hydrogen-bond donors (Lipinski definition) is 2. The summed E-state index contributed by atoms with van der Waals surface area (Å²) in [5, 5.41) is 10.5. The summed E-state index contributed by atoms with van der Waals surface area (Å²) in [4.78, 5) is 22.9. The van der Waals surface area contributed by atoms with E-state index in [-0.39, 0.29) is 13.0 Å². The van der Waals surface area contributed by atoms with Crippen LogP contribution in [0.3, 0.4) is 0 Å². The van der Waals surface area contributed by atoms with E-state index in [9.17, 15) is 22.8 Å². The van der Waals surface area contributed by atoms with Crippen LogP contribution in [0, 0.1) is 5.92 Å². The number of nitrogens with one attached hydrogen (secondary N) is 1. The van der Waals surface area contributed by atoms with Gasteiger partial charge in [0, 0.05) is 13.6 Å². The molecule has 0 fully saturated rings. The molecule has 0 bridgehead atoms. The van der Waals surface area contributed by atoms with Crippen LogP contribution in [-0.4, -0.2) is 47.8 Å². The first-order valence-electron chi connectivity index (χ1n) is 5.40. The maximum atomic E-state index is 12.4. The Balaban J connectivity index is 4.43. The molecule has 2 amide bonds. The van der Waals surface area contributed by atoms with Crippen molar-refractivity contribution in [2.45, 2.75) is 32.5 Å². The number of alkyl halides is 3. The average molecular weight is 270 g/mol. The van der Waals surface area contributed by atoms with Gasteiger partial charge in [-0.15, -0.1) is 0 Å². The minimum absolute atomic E-state index is 0.157. The Hall–Kier alpha value is -1.47. The SMILES string of the molecule is CC[C@H](NC(=O)N(C)CC(C)C(=O)O)C(F)(F)F. The van der Waals surface area contributed by atoms with Crippen molar-refractivity contribution in [1.82, 2.24) is 10.2 Å². The standard InChI is InChI=1S/C10H17F3N2O3/c1-4-7(10(11,12)13)14-9(18)15(3)5-6(2)8(16)17/h6-7H,4-5H2,1-3H3,(H,14,18)(H,16,17)/t6?,7-/m0/s1. The molecule has 0 spiro atoms. The number of aliphatic carboxylic acids is 1. The average Bonchev–Trinajstić information content (AvgIpc) is 2.23. The topological polar surface area (TPSA) is 69.6 Å². The molecule has 0 aliphatic carbocycles. The fraction of sp³-hybridized carbons (Fsp3) is 0.800. The number of amides is 2. The fourth-order valence-electron chi connectivity index (χ4n) is 1.25. The van der Waals surface area contributed by atoms with Crippen molar-refractivity contribution >= 4 is 12.0 Å². The van der Waals surface area contributed by atoms with Gasteiger partial charge < -0.3 is 15.3 Å². The van der Waals surface area contributed by atoms with Gasteiger partial charge in [0.1, 0.15) is 6.04 Å². The summed E-state index contributed by atoms with van der Waals surface area (Å²) in [6.45, 7) is 2.51. The summed E-state index contributed by atoms with van der Waals surface area (Å²) in [6.07, 6.45) is -4.79. The van der Waals surface area contributed by atoms with E-state index in [0.717, 1.165) is 4.90 Å². The number of hydrogen-bond acceptors (Lipinski definition) is 2. The first-order valence-corrected chi connectivity index (χ1v) is 5.40. The van der Waals surface area contributed by atoms with Gasteiger partial charge in [0.2, 0.25) is 0 Å². The highest BCUT2D eigenvalue weighted by atomic mass is 19.4. The smallest absolute Gasteiger partial charge is 0.408 e. The quantitative estimate of drug-likeness (QED) is 0.798. The van der Waals surface area contributed by atoms with Gasteiger partial charge in [-0.2, -0.15) is 13.2 Å². The van der Waals surface area contributed by atoms with Crippen LogP contribution in [0.25, 0.3) is 0 Å². The first-order chi connectivity index (χ1) is 8.09. The zero-order valence-corrected chi connectivity index (χ0v) is 10.4. The summed E-state index contributed by atoms with van der Waals surface area (Å²) in [5.41, 5.74) is 0. The Kier molecular flexibility index (Phi) is 5.93. The van der Waals surface area contributed by atoms with E-state index < -0.39 is 30.1 Å². The van der Waals surface area contributed by atoms with Crippen molar-refractivity contribution in [2.75, 3.05) is 13.6 Å². The highest BCUT2D eigenvalue weighted by Crippen LogP contribution is 2.22. The van der Waals surface area contributed by atoms with Gasteiger partial charge in [-0.05, 0) is 6.42 Å². The van der Waals surface area contributed by atoms with Crippen LogP contribution in [0.5, 0.6) is 0 Å². The Bertz CT molecular complexity index is 307. The Labute approximate surface area is 103 Å². The molecule has 5 nitrogen and oxygen atoms in total. The maximum absolute atomic E-state index is 12.4. The molecule has 0 aliphatic rings. The van der Waals surface area contributed by atoms with E-state index in [2.05, 4.69) is 0 Å². The Morgan fingerprint density at radius 1 is 1.39 bits per heavy atom. The molecule has 0 aromatic heterocycles. The molecule has 106 valence electrons. The molecule has 2 N–H and O–H groups in total. The van der Waals surface area contributed by atoms with Crippen molar-refractivity contribution in [3.05, 3.63) is 0 Å². The van der Waals surface area contributed by atoms with Crippen molar-refractivity contribution in [1.29, 1.82) is 0 Å². The number of halogens is 3. The number of carbonyl (C=O) groups is 2. The second-order valence-corrected chi connectivity index (χ2v) is 4.07. The number of urea groups is 1. The molecule has 1 unspecified atom stereocenters. The summed E-state index contributed by atoms with van der Waals surface area (Å²) >= 11 is 0. The largest absolute Gasteiger partial charge is 0.481 e. The van der Waals surface area contributed by atoms with Gasteiger partial charge in [-0.1, -0.05) is 13.8 Å². The summed E-state index contributed by atoms with van der Waals surface area (Å²) in [7, 11) is 1.25. The van der Waals surface area contributed by atoms with Gasteiger partial charge in [-0.25, -0.2) is 4.79 Å². The summed E-state index contributed by atoms with van der Waals surface area (Å²) in [6, 6.07) is -2.86. The maximum Gasteiger partial charge on any atom is 0.408 e. The van der Waals surface area contributed by atoms with Crippen LogP contribution in [0.2, 0.25) is 0 Å². The lowest BCUT2D eigenvalue weighted by molar-refractivity contribution is -0.154. The van der Waals surface area contributed by atoms with Crippen LogP contribution in [0.4, 0.5) is 18.0 Å². The van der Waals surface area contributed by atoms with E-state index in [1.165, 1.54) is 20.9 Å². The van der Waals surface area contributed by atoms with Crippen LogP contribution in [-0.2, 0) is 4.79 Å². The Morgan fingerprint density at radius 2 is 1.89 bits per heavy atom. The molecule has 2 atom stereocenters. The summed E-state index contributed by atoms with van der Waals surface area (Å²) in [5.74, 6) is -1.95. The molecule has 8 heteroatoms. The molecule has 0 saturated heterocycles. The van der Waals surface area contributed by atoms with Crippen LogP contribution >= 0.6 is 0 Å². The first kappa shape index (κ1) is 16.5. The van der Waals surface area contributed by atoms with Gasteiger partial charge in [0.05, 0.1) is 5.92 Å². The van der Waals surface area contributed by atoms with Crippen molar-refractivity contribution in [2.24, 2.45) is 5.92 Å². The third kappa shape index (κ3) is 5.24. The van der Waals surface area contributed by atoms with E-state index in [4.69, 9.17) is 5.11 Å². The van der Waals surface area contributed by atoms with Crippen LogP contribution in [0.15, 0.2) is 0 Å². The van der Waals surface area contributed by atoms with Gasteiger partial charge in [0.15, 0.2) is 0 Å². The zero-order valence-electron chi connectivity index (χ0n) is 10.4. The lowest BCUT2D eigenvalue weighted by atomic mass is 10.2. The highest BCUT2D eigenvalue weighted by Gasteiger charge is 2.39. The monoisotopic (exact) mass is 270 g/mol. The van der Waals surface area contributed by atoms with Crippen molar-refractivity contribution in [3.63, 3.8) is 0 Å². The molecular weight excluding hydrogens is 253 g/mol. The fourth-order valence-corrected chi connectivity index (χ4v) is 1.25. The number of rotatable bonds is 5. The van der Waals surface area contributed by atoms with Crippen molar-refractivity contribution in [3.8, 4) is 0 Å². The minimum Gasteiger partial charge on any atom is -0.481 e. The molecule has 0 radical (unpaired) electrons. The molecule has 0 rings (SSSR count). The lowest BCUT2D eigenvalue weighted by Gasteiger charge is -2.25. The second-order valence-electron chi connectivity index (χ2n) is 4.07. The molecule has 18 heavy (non-hydrogen) atoms. The molecule has 0 heterocycles. The van der Waals surface area contributed by atoms with Gasteiger partial charge >= 0.3 is 18.2 Å². The second kappa shape index (κ2) is 6.46. The number of carbonyl (C=O) groups excluding carboxylic acids is 1. The number of carboxylic acids is 1. The number of nitrogens with zero attached hydrogens (tertiary/aromatic N) is 1. The van der Waals surface area contributed by atoms with Crippen LogP contribution in [0.1, 0.15) is 20.3 Å². The molecule has 0 aromatic carbocycles. The predicted octanol–water partition coefficient (Wildman–Crippen LogP) is 1.69. The predicted molar refractivity (Wildman–Crippen MR) is 58.1 cm³/mol. The van der Waals surface area contributed by atoms with E-state index in [1.807, 2.05) is 5.32 Å². The zero-order chi connectivity index (χ0) is 14.5. The van der Waals surface area contributed by atoms with E-state index >= 15 is 0 Å². The molecule has 0 aromatic rings. The summed E-state index contributed by atoms with van der Waals surface area (Å²) < 4.78 is 37.2. The lowest BCUT2D eigenvalue weighted by Crippen LogP contribution is -2.50. The van der Waals surface area contributed by atoms with Crippen molar-refractivity contribution < 1.29 is 27.9 Å². The normalized spacial score (nSPS) is 14.8. The van der Waals surface area contributed by atoms with E-state index in [1.54, 1.807) is 0 Å². The number of carboxylic acid groups (broad SMARTS) is 1. The van der Waals surface area contributed by atoms with E-state index in [0.29, 0.717) is 0 Å². The third-order valence-corrected chi connectivity index (χ3v) is 2.42. The molecular formula is C10H17F3N2O3.